The smallest absolute Gasteiger partial charge is 0.265 e. The number of carbonyl (C=O) groups excluding carboxylic acids is 2. The lowest BCUT2D eigenvalue weighted by atomic mass is 10.1. The molecule has 0 saturated carbocycles. The SMILES string of the molecule is CC[C@H](C)NC(=O)c1ccccc1NC(=O)[C@H](C)Oc1cccc(C)c1. The van der Waals surface area contributed by atoms with E-state index in [1.165, 1.54) is 0 Å². The van der Waals surface area contributed by atoms with Crippen LogP contribution in [0.15, 0.2) is 48.5 Å². The second-order valence-corrected chi connectivity index (χ2v) is 6.39. The number of aryl methyl sites for hydroxylation is 1. The molecule has 0 aliphatic rings. The third-order valence-electron chi connectivity index (χ3n) is 4.09. The van der Waals surface area contributed by atoms with Gasteiger partial charge in [0.05, 0.1) is 11.3 Å². The minimum atomic E-state index is -0.692. The number of ether oxygens (including phenoxy) is 1. The van der Waals surface area contributed by atoms with Crippen molar-refractivity contribution in [3.8, 4) is 5.75 Å². The van der Waals surface area contributed by atoms with Crippen molar-refractivity contribution in [1.29, 1.82) is 0 Å². The maximum Gasteiger partial charge on any atom is 0.265 e. The number of amides is 2. The molecule has 0 saturated heterocycles. The van der Waals surface area contributed by atoms with Crippen molar-refractivity contribution in [2.45, 2.75) is 46.3 Å². The molecule has 26 heavy (non-hydrogen) atoms. The Morgan fingerprint density at radius 3 is 2.50 bits per heavy atom. The first-order valence-electron chi connectivity index (χ1n) is 8.84. The Labute approximate surface area is 154 Å². The van der Waals surface area contributed by atoms with E-state index in [2.05, 4.69) is 10.6 Å². The number of rotatable bonds is 7. The Bertz CT molecular complexity index is 773. The number of hydrogen-bond donors (Lipinski definition) is 2. The van der Waals surface area contributed by atoms with E-state index in [9.17, 15) is 9.59 Å². The van der Waals surface area contributed by atoms with Gasteiger partial charge in [0.15, 0.2) is 6.10 Å². The normalized spacial score (nSPS) is 12.8. The molecule has 0 heterocycles. The van der Waals surface area contributed by atoms with E-state index in [1.807, 2.05) is 45.0 Å². The van der Waals surface area contributed by atoms with Crippen LogP contribution in [0.25, 0.3) is 0 Å². The van der Waals surface area contributed by atoms with Crippen LogP contribution in [0.4, 0.5) is 5.69 Å². The number of hydrogen-bond acceptors (Lipinski definition) is 3. The van der Waals surface area contributed by atoms with Crippen LogP contribution < -0.4 is 15.4 Å². The number of anilines is 1. The van der Waals surface area contributed by atoms with Crippen molar-refractivity contribution < 1.29 is 14.3 Å². The van der Waals surface area contributed by atoms with Crippen molar-refractivity contribution in [2.24, 2.45) is 0 Å². The predicted molar refractivity (Wildman–Crippen MR) is 104 cm³/mol. The van der Waals surface area contributed by atoms with Gasteiger partial charge in [0, 0.05) is 6.04 Å². The summed E-state index contributed by atoms with van der Waals surface area (Å²) in [6.45, 7) is 7.59. The first-order valence-corrected chi connectivity index (χ1v) is 8.84. The van der Waals surface area contributed by atoms with Crippen LogP contribution in [-0.4, -0.2) is 24.0 Å². The number of para-hydroxylation sites is 1. The van der Waals surface area contributed by atoms with Crippen LogP contribution >= 0.6 is 0 Å². The zero-order chi connectivity index (χ0) is 19.1. The molecule has 0 aliphatic heterocycles. The highest BCUT2D eigenvalue weighted by atomic mass is 16.5. The molecule has 0 bridgehead atoms. The van der Waals surface area contributed by atoms with E-state index in [4.69, 9.17) is 4.74 Å². The molecule has 0 unspecified atom stereocenters. The molecular formula is C21H26N2O3. The van der Waals surface area contributed by atoms with Crippen LogP contribution in [0.5, 0.6) is 5.75 Å². The van der Waals surface area contributed by atoms with Crippen LogP contribution in [0.3, 0.4) is 0 Å². The summed E-state index contributed by atoms with van der Waals surface area (Å²) in [7, 11) is 0. The second-order valence-electron chi connectivity index (χ2n) is 6.39. The van der Waals surface area contributed by atoms with E-state index in [1.54, 1.807) is 31.2 Å². The summed E-state index contributed by atoms with van der Waals surface area (Å²) in [5.74, 6) is 0.119. The summed E-state index contributed by atoms with van der Waals surface area (Å²) in [4.78, 5) is 24.9. The Morgan fingerprint density at radius 2 is 1.81 bits per heavy atom. The van der Waals surface area contributed by atoms with Gasteiger partial charge in [0.2, 0.25) is 0 Å². The molecular weight excluding hydrogens is 328 g/mol. The topological polar surface area (TPSA) is 67.4 Å². The van der Waals surface area contributed by atoms with Gasteiger partial charge in [-0.25, -0.2) is 0 Å². The van der Waals surface area contributed by atoms with Gasteiger partial charge in [0.1, 0.15) is 5.75 Å². The highest BCUT2D eigenvalue weighted by Crippen LogP contribution is 2.18. The summed E-state index contributed by atoms with van der Waals surface area (Å²) in [6, 6.07) is 14.5. The average Bonchev–Trinajstić information content (AvgIpc) is 2.61. The standard InChI is InChI=1S/C21H26N2O3/c1-5-15(3)22-21(25)18-11-6-7-12-19(18)23-20(24)16(4)26-17-10-8-9-14(2)13-17/h6-13,15-16H,5H2,1-4H3,(H,22,25)(H,23,24)/t15-,16-/m0/s1. The molecule has 5 nitrogen and oxygen atoms in total. The predicted octanol–water partition coefficient (Wildman–Crippen LogP) is 3.93. The molecule has 0 fully saturated rings. The fourth-order valence-electron chi connectivity index (χ4n) is 2.37. The molecule has 2 N–H and O–H groups in total. The Kier molecular flexibility index (Phi) is 6.78. The van der Waals surface area contributed by atoms with Crippen molar-refractivity contribution >= 4 is 17.5 Å². The monoisotopic (exact) mass is 354 g/mol. The average molecular weight is 354 g/mol. The molecule has 0 radical (unpaired) electrons. The van der Waals surface area contributed by atoms with E-state index < -0.39 is 6.10 Å². The Hall–Kier alpha value is -2.82. The van der Waals surface area contributed by atoms with Crippen LogP contribution in [0, 0.1) is 6.92 Å². The van der Waals surface area contributed by atoms with Gasteiger partial charge in [0.25, 0.3) is 11.8 Å². The van der Waals surface area contributed by atoms with Crippen molar-refractivity contribution in [2.75, 3.05) is 5.32 Å². The third kappa shape index (κ3) is 5.34. The van der Waals surface area contributed by atoms with Gasteiger partial charge in [-0.3, -0.25) is 9.59 Å². The van der Waals surface area contributed by atoms with Crippen molar-refractivity contribution in [1.82, 2.24) is 5.32 Å². The van der Waals surface area contributed by atoms with E-state index in [-0.39, 0.29) is 17.9 Å². The first-order chi connectivity index (χ1) is 12.4. The number of nitrogens with one attached hydrogen (secondary N) is 2. The molecule has 2 rings (SSSR count). The lowest BCUT2D eigenvalue weighted by Gasteiger charge is -2.17. The first kappa shape index (κ1) is 19.5. The Balaban J connectivity index is 2.07. The summed E-state index contributed by atoms with van der Waals surface area (Å²) in [5.41, 5.74) is 1.96. The summed E-state index contributed by atoms with van der Waals surface area (Å²) in [5, 5.41) is 5.71. The fourth-order valence-corrected chi connectivity index (χ4v) is 2.37. The lowest BCUT2D eigenvalue weighted by Crippen LogP contribution is -2.34. The zero-order valence-electron chi connectivity index (χ0n) is 15.7. The summed E-state index contributed by atoms with van der Waals surface area (Å²) < 4.78 is 5.70. The van der Waals surface area contributed by atoms with Crippen molar-refractivity contribution in [3.05, 3.63) is 59.7 Å². The molecule has 0 aromatic heterocycles. The van der Waals surface area contributed by atoms with Crippen LogP contribution in [0.2, 0.25) is 0 Å². The quantitative estimate of drug-likeness (QED) is 0.792. The van der Waals surface area contributed by atoms with Gasteiger partial charge >= 0.3 is 0 Å². The molecule has 2 atom stereocenters. The molecule has 0 aliphatic carbocycles. The lowest BCUT2D eigenvalue weighted by molar-refractivity contribution is -0.122. The molecule has 138 valence electrons. The zero-order valence-corrected chi connectivity index (χ0v) is 15.7. The fraction of sp³-hybridized carbons (Fsp3) is 0.333. The van der Waals surface area contributed by atoms with E-state index in [0.717, 1.165) is 12.0 Å². The van der Waals surface area contributed by atoms with Gasteiger partial charge < -0.3 is 15.4 Å². The van der Waals surface area contributed by atoms with Crippen molar-refractivity contribution in [3.63, 3.8) is 0 Å². The molecule has 2 aromatic rings. The number of carbonyl (C=O) groups is 2. The Morgan fingerprint density at radius 1 is 1.08 bits per heavy atom. The minimum Gasteiger partial charge on any atom is -0.481 e. The minimum absolute atomic E-state index is 0.0647. The van der Waals surface area contributed by atoms with Crippen LogP contribution in [-0.2, 0) is 4.79 Å². The maximum atomic E-state index is 12.5. The molecule has 5 heteroatoms. The molecule has 0 spiro atoms. The summed E-state index contributed by atoms with van der Waals surface area (Å²) in [6.07, 6.45) is 0.143. The van der Waals surface area contributed by atoms with Crippen LogP contribution in [0.1, 0.15) is 43.1 Å². The second kappa shape index (κ2) is 9.04. The van der Waals surface area contributed by atoms with E-state index in [0.29, 0.717) is 17.0 Å². The highest BCUT2D eigenvalue weighted by Gasteiger charge is 2.19. The van der Waals surface area contributed by atoms with Gasteiger partial charge in [-0.15, -0.1) is 0 Å². The van der Waals surface area contributed by atoms with Gasteiger partial charge in [-0.1, -0.05) is 31.2 Å². The van der Waals surface area contributed by atoms with Gasteiger partial charge in [-0.2, -0.15) is 0 Å². The van der Waals surface area contributed by atoms with E-state index >= 15 is 0 Å². The number of benzene rings is 2. The third-order valence-corrected chi connectivity index (χ3v) is 4.09. The maximum absolute atomic E-state index is 12.5. The molecule has 2 aromatic carbocycles. The van der Waals surface area contributed by atoms with Gasteiger partial charge in [-0.05, 0) is 57.0 Å². The molecule has 2 amide bonds. The highest BCUT2D eigenvalue weighted by molar-refractivity contribution is 6.04. The largest absolute Gasteiger partial charge is 0.481 e. The summed E-state index contributed by atoms with van der Waals surface area (Å²) >= 11 is 0.